The number of pyridine rings is 1. The summed E-state index contributed by atoms with van der Waals surface area (Å²) < 4.78 is 38.6. The fourth-order valence-corrected chi connectivity index (χ4v) is 4.11. The van der Waals surface area contributed by atoms with Gasteiger partial charge in [0.15, 0.2) is 11.9 Å². The van der Waals surface area contributed by atoms with Crippen LogP contribution in [0.3, 0.4) is 0 Å². The molecule has 2 aliphatic rings. The van der Waals surface area contributed by atoms with Gasteiger partial charge in [-0.05, 0) is 11.6 Å². The van der Waals surface area contributed by atoms with Crippen LogP contribution in [0.15, 0.2) is 42.6 Å². The number of alkyl halides is 3. The SMILES string of the molecule is CN1O[C@H]2C(=O)N(N(C)c3ncc(C(F)(F)F)cc3Cl)C(=O)[C@H]2[C@@H]1c1ccccc1. The van der Waals surface area contributed by atoms with Crippen molar-refractivity contribution in [2.75, 3.05) is 19.1 Å². The maximum absolute atomic E-state index is 13.2. The first-order valence-corrected chi connectivity index (χ1v) is 9.28. The molecule has 4 rings (SSSR count). The Hall–Kier alpha value is -2.69. The lowest BCUT2D eigenvalue weighted by Crippen LogP contribution is -2.47. The van der Waals surface area contributed by atoms with Gasteiger partial charge in [-0.1, -0.05) is 41.9 Å². The molecule has 0 unspecified atom stereocenters. The Labute approximate surface area is 174 Å². The van der Waals surface area contributed by atoms with Gasteiger partial charge in [0.25, 0.3) is 11.8 Å². The minimum absolute atomic E-state index is 0.157. The second kappa shape index (κ2) is 7.22. The molecule has 30 heavy (non-hydrogen) atoms. The lowest BCUT2D eigenvalue weighted by Gasteiger charge is -2.30. The Kier molecular flexibility index (Phi) is 4.95. The largest absolute Gasteiger partial charge is 0.417 e. The van der Waals surface area contributed by atoms with Gasteiger partial charge in [0.2, 0.25) is 0 Å². The zero-order valence-corrected chi connectivity index (χ0v) is 16.6. The summed E-state index contributed by atoms with van der Waals surface area (Å²) in [6.07, 6.45) is -5.07. The summed E-state index contributed by atoms with van der Waals surface area (Å²) in [5.74, 6) is -2.17. The van der Waals surface area contributed by atoms with Crippen LogP contribution >= 0.6 is 11.6 Å². The smallest absolute Gasteiger partial charge is 0.284 e. The van der Waals surface area contributed by atoms with Crippen molar-refractivity contribution in [2.45, 2.75) is 18.3 Å². The average molecular weight is 441 g/mol. The number of rotatable bonds is 3. The zero-order chi connectivity index (χ0) is 21.8. The third-order valence-electron chi connectivity index (χ3n) is 5.18. The lowest BCUT2D eigenvalue weighted by atomic mass is 9.91. The Morgan fingerprint density at radius 1 is 1.17 bits per heavy atom. The Morgan fingerprint density at radius 2 is 1.83 bits per heavy atom. The van der Waals surface area contributed by atoms with E-state index in [9.17, 15) is 22.8 Å². The van der Waals surface area contributed by atoms with Crippen LogP contribution in [0.1, 0.15) is 17.2 Å². The van der Waals surface area contributed by atoms with E-state index in [0.29, 0.717) is 12.3 Å². The molecule has 2 aromatic rings. The van der Waals surface area contributed by atoms with Crippen molar-refractivity contribution in [1.29, 1.82) is 0 Å². The molecule has 2 fully saturated rings. The summed E-state index contributed by atoms with van der Waals surface area (Å²) in [6.45, 7) is 0. The number of fused-ring (bicyclic) bond motifs is 1. The molecule has 0 spiro atoms. The van der Waals surface area contributed by atoms with Gasteiger partial charge < -0.3 is 0 Å². The van der Waals surface area contributed by atoms with E-state index in [-0.39, 0.29) is 10.8 Å². The Bertz CT molecular complexity index is 1000. The topological polar surface area (TPSA) is 66.0 Å². The van der Waals surface area contributed by atoms with Crippen LogP contribution in [0, 0.1) is 5.92 Å². The van der Waals surface area contributed by atoms with Gasteiger partial charge in [-0.25, -0.2) is 4.98 Å². The maximum Gasteiger partial charge on any atom is 0.417 e. The molecule has 11 heteroatoms. The number of carbonyl (C=O) groups is 2. The minimum atomic E-state index is -4.62. The highest BCUT2D eigenvalue weighted by atomic mass is 35.5. The van der Waals surface area contributed by atoms with E-state index in [1.165, 1.54) is 12.1 Å². The Morgan fingerprint density at radius 3 is 2.43 bits per heavy atom. The molecule has 1 aromatic carbocycles. The van der Waals surface area contributed by atoms with Gasteiger partial charge in [0.05, 0.1) is 22.5 Å². The number of hydroxylamine groups is 2. The third-order valence-corrected chi connectivity index (χ3v) is 5.46. The summed E-state index contributed by atoms with van der Waals surface area (Å²) in [7, 11) is 2.97. The standard InChI is InChI=1S/C19H16ClF3N4O3/c1-25(16-12(20)8-11(9-24-16)19(21,22)23)27-17(28)13-14(10-6-4-3-5-7-10)26(2)30-15(13)18(27)29/h3-9,13-15H,1-2H3/t13-,14-,15+/m0/s1. The number of hydrogen-bond donors (Lipinski definition) is 0. The monoisotopic (exact) mass is 440 g/mol. The summed E-state index contributed by atoms with van der Waals surface area (Å²) in [6, 6.07) is 9.31. The van der Waals surface area contributed by atoms with Crippen molar-refractivity contribution in [3.05, 3.63) is 58.7 Å². The molecule has 3 atom stereocenters. The van der Waals surface area contributed by atoms with E-state index in [2.05, 4.69) is 4.98 Å². The number of aromatic nitrogens is 1. The van der Waals surface area contributed by atoms with Gasteiger partial charge in [0, 0.05) is 20.3 Å². The van der Waals surface area contributed by atoms with Crippen molar-refractivity contribution in [3.8, 4) is 0 Å². The highest BCUT2D eigenvalue weighted by Gasteiger charge is 2.60. The van der Waals surface area contributed by atoms with E-state index >= 15 is 0 Å². The number of carbonyl (C=O) groups excluding carboxylic acids is 2. The number of hydrazine groups is 1. The van der Waals surface area contributed by atoms with Crippen LogP contribution in [0.5, 0.6) is 0 Å². The van der Waals surface area contributed by atoms with Crippen LogP contribution in [0.2, 0.25) is 5.02 Å². The van der Waals surface area contributed by atoms with Crippen LogP contribution in [0.4, 0.5) is 19.0 Å². The van der Waals surface area contributed by atoms with Gasteiger partial charge in [-0.3, -0.25) is 19.4 Å². The fraction of sp³-hybridized carbons (Fsp3) is 0.316. The molecule has 1 aromatic heterocycles. The predicted molar refractivity (Wildman–Crippen MR) is 99.8 cm³/mol. The number of amides is 2. The van der Waals surface area contributed by atoms with Crippen molar-refractivity contribution in [3.63, 3.8) is 0 Å². The van der Waals surface area contributed by atoms with Gasteiger partial charge in [-0.15, -0.1) is 0 Å². The first kappa shape index (κ1) is 20.6. The second-order valence-corrected chi connectivity index (χ2v) is 7.40. The first-order chi connectivity index (χ1) is 14.1. The molecule has 2 amide bonds. The molecule has 7 nitrogen and oxygen atoms in total. The summed E-state index contributed by atoms with van der Waals surface area (Å²) in [4.78, 5) is 35.5. The van der Waals surface area contributed by atoms with Crippen molar-refractivity contribution in [2.24, 2.45) is 5.92 Å². The molecule has 2 saturated heterocycles. The maximum atomic E-state index is 13.2. The van der Waals surface area contributed by atoms with E-state index in [1.807, 2.05) is 30.3 Å². The van der Waals surface area contributed by atoms with Gasteiger partial charge in [-0.2, -0.15) is 23.2 Å². The molecule has 0 saturated carbocycles. The summed E-state index contributed by atoms with van der Waals surface area (Å²) in [5, 5.41) is 3.00. The molecular weight excluding hydrogens is 425 g/mol. The Balaban J connectivity index is 1.66. The van der Waals surface area contributed by atoms with E-state index in [0.717, 1.165) is 15.6 Å². The molecule has 0 radical (unpaired) electrons. The summed E-state index contributed by atoms with van der Waals surface area (Å²) >= 11 is 5.98. The highest BCUT2D eigenvalue weighted by molar-refractivity contribution is 6.33. The number of benzene rings is 1. The van der Waals surface area contributed by atoms with Crippen LogP contribution in [-0.4, -0.2) is 47.1 Å². The minimum Gasteiger partial charge on any atom is -0.284 e. The zero-order valence-electron chi connectivity index (χ0n) is 15.8. The van der Waals surface area contributed by atoms with Crippen LogP contribution < -0.4 is 5.01 Å². The quantitative estimate of drug-likeness (QED) is 0.683. The molecule has 2 aliphatic heterocycles. The molecular formula is C19H16ClF3N4O3. The number of hydrogen-bond acceptors (Lipinski definition) is 6. The van der Waals surface area contributed by atoms with Gasteiger partial charge in [0.1, 0.15) is 0 Å². The molecule has 158 valence electrons. The number of anilines is 1. The fourth-order valence-electron chi connectivity index (χ4n) is 3.82. The van der Waals surface area contributed by atoms with Crippen molar-refractivity contribution < 1.29 is 27.6 Å². The highest BCUT2D eigenvalue weighted by Crippen LogP contribution is 2.44. The first-order valence-electron chi connectivity index (χ1n) is 8.90. The molecule has 0 aliphatic carbocycles. The van der Waals surface area contributed by atoms with Crippen molar-refractivity contribution in [1.82, 2.24) is 15.1 Å². The third kappa shape index (κ3) is 3.21. The van der Waals surface area contributed by atoms with E-state index in [1.54, 1.807) is 7.05 Å². The number of imide groups is 1. The average Bonchev–Trinajstić information content (AvgIpc) is 3.15. The predicted octanol–water partition coefficient (Wildman–Crippen LogP) is 3.08. The molecule has 0 bridgehead atoms. The lowest BCUT2D eigenvalue weighted by molar-refractivity contribution is -0.170. The number of nitrogens with zero attached hydrogens (tertiary/aromatic N) is 4. The second-order valence-electron chi connectivity index (χ2n) is 6.99. The molecule has 3 heterocycles. The van der Waals surface area contributed by atoms with Crippen molar-refractivity contribution >= 4 is 29.2 Å². The van der Waals surface area contributed by atoms with E-state index < -0.39 is 41.6 Å². The molecule has 0 N–H and O–H groups in total. The number of halogens is 4. The van der Waals surface area contributed by atoms with Crippen LogP contribution in [0.25, 0.3) is 0 Å². The van der Waals surface area contributed by atoms with Gasteiger partial charge >= 0.3 is 6.18 Å². The normalized spacial score (nSPS) is 24.5. The van der Waals surface area contributed by atoms with E-state index in [4.69, 9.17) is 16.4 Å². The van der Waals surface area contributed by atoms with Crippen LogP contribution in [-0.2, 0) is 20.6 Å². The summed E-state index contributed by atoms with van der Waals surface area (Å²) in [5.41, 5.74) is -0.237.